The van der Waals surface area contributed by atoms with Crippen LogP contribution in [0.3, 0.4) is 0 Å². The first-order valence-electron chi connectivity index (χ1n) is 8.69. The van der Waals surface area contributed by atoms with E-state index in [0.29, 0.717) is 23.1 Å². The van der Waals surface area contributed by atoms with Crippen molar-refractivity contribution in [3.05, 3.63) is 99.0 Å². The topological polar surface area (TPSA) is 62.1 Å². The zero-order valence-electron chi connectivity index (χ0n) is 15.2. The van der Waals surface area contributed by atoms with Crippen LogP contribution in [-0.2, 0) is 11.4 Å². The number of carbonyl (C=O) groups excluding carboxylic acids is 1. The minimum absolute atomic E-state index is 0.00601. The Balaban J connectivity index is 1.64. The number of hydrogen-bond donors (Lipinski definition) is 1. The summed E-state index contributed by atoms with van der Waals surface area (Å²) in [6, 6.07) is 23.8. The molecule has 4 nitrogen and oxygen atoms in total. The van der Waals surface area contributed by atoms with Gasteiger partial charge in [0.15, 0.2) is 0 Å². The molecule has 1 N–H and O–H groups in total. The Morgan fingerprint density at radius 1 is 1.10 bits per heavy atom. The molecule has 144 valence electrons. The molecule has 3 aromatic carbocycles. The summed E-state index contributed by atoms with van der Waals surface area (Å²) in [6.45, 7) is 0.452. The predicted octanol–water partition coefficient (Wildman–Crippen LogP) is 6.23. The second-order valence-electron chi connectivity index (χ2n) is 6.12. The highest BCUT2D eigenvalue weighted by atomic mass is 79.9. The monoisotopic (exact) mass is 466 g/mol. The maximum Gasteiger partial charge on any atom is 0.266 e. The van der Waals surface area contributed by atoms with Crippen molar-refractivity contribution < 1.29 is 9.53 Å². The van der Waals surface area contributed by atoms with E-state index in [1.54, 1.807) is 48.5 Å². The fourth-order valence-electron chi connectivity index (χ4n) is 2.49. The number of anilines is 1. The molecule has 0 aliphatic carbocycles. The fraction of sp³-hybridized carbons (Fsp3) is 0.0435. The van der Waals surface area contributed by atoms with Crippen LogP contribution < -0.4 is 10.1 Å². The van der Waals surface area contributed by atoms with E-state index in [0.717, 1.165) is 15.6 Å². The van der Waals surface area contributed by atoms with Gasteiger partial charge in [-0.3, -0.25) is 4.79 Å². The molecule has 0 radical (unpaired) electrons. The average Bonchev–Trinajstić information content (AvgIpc) is 2.72. The highest BCUT2D eigenvalue weighted by Crippen LogP contribution is 2.19. The van der Waals surface area contributed by atoms with Crippen LogP contribution in [0.4, 0.5) is 5.69 Å². The molecule has 0 unspecified atom stereocenters. The smallest absolute Gasteiger partial charge is 0.266 e. The van der Waals surface area contributed by atoms with Crippen LogP contribution in [0.1, 0.15) is 11.1 Å². The van der Waals surface area contributed by atoms with Gasteiger partial charge in [-0.25, -0.2) is 0 Å². The highest BCUT2D eigenvalue weighted by molar-refractivity contribution is 9.10. The summed E-state index contributed by atoms with van der Waals surface area (Å²) in [5, 5.41) is 12.5. The number of amides is 1. The largest absolute Gasteiger partial charge is 0.489 e. The van der Waals surface area contributed by atoms with Crippen LogP contribution >= 0.6 is 27.5 Å². The molecule has 0 bridgehead atoms. The second-order valence-corrected chi connectivity index (χ2v) is 7.47. The molecule has 3 rings (SSSR count). The number of nitriles is 1. The Bertz CT molecular complexity index is 1070. The lowest BCUT2D eigenvalue weighted by molar-refractivity contribution is -0.112. The van der Waals surface area contributed by atoms with E-state index in [1.165, 1.54) is 6.08 Å². The van der Waals surface area contributed by atoms with E-state index in [1.807, 2.05) is 30.3 Å². The van der Waals surface area contributed by atoms with Crippen LogP contribution in [0.15, 0.2) is 82.8 Å². The molecule has 0 fully saturated rings. The molecule has 0 aliphatic heterocycles. The Labute approximate surface area is 182 Å². The van der Waals surface area contributed by atoms with Crippen LogP contribution in [0.5, 0.6) is 5.75 Å². The summed E-state index contributed by atoms with van der Waals surface area (Å²) >= 11 is 9.32. The van der Waals surface area contributed by atoms with Crippen molar-refractivity contribution >= 4 is 45.2 Å². The van der Waals surface area contributed by atoms with Crippen LogP contribution in [-0.4, -0.2) is 5.91 Å². The highest BCUT2D eigenvalue weighted by Gasteiger charge is 2.10. The third-order valence-corrected chi connectivity index (χ3v) is 4.72. The predicted molar refractivity (Wildman–Crippen MR) is 119 cm³/mol. The number of benzene rings is 3. The fourth-order valence-corrected chi connectivity index (χ4v) is 2.94. The lowest BCUT2D eigenvalue weighted by Gasteiger charge is -2.07. The van der Waals surface area contributed by atoms with Gasteiger partial charge in [0.05, 0.1) is 0 Å². The van der Waals surface area contributed by atoms with Crippen molar-refractivity contribution in [3.63, 3.8) is 0 Å². The summed E-state index contributed by atoms with van der Waals surface area (Å²) in [4.78, 5) is 12.3. The average molecular weight is 468 g/mol. The zero-order chi connectivity index (χ0) is 20.6. The Morgan fingerprint density at radius 3 is 2.48 bits per heavy atom. The minimum atomic E-state index is -0.495. The number of nitrogens with one attached hydrogen (secondary N) is 1. The third kappa shape index (κ3) is 6.21. The lowest BCUT2D eigenvalue weighted by Crippen LogP contribution is -2.13. The van der Waals surface area contributed by atoms with Gasteiger partial charge in [-0.15, -0.1) is 0 Å². The molecule has 0 spiro atoms. The Hall–Kier alpha value is -3.07. The summed E-state index contributed by atoms with van der Waals surface area (Å²) < 4.78 is 6.78. The van der Waals surface area contributed by atoms with Crippen molar-refractivity contribution in [1.29, 1.82) is 5.26 Å². The van der Waals surface area contributed by atoms with Gasteiger partial charge in [0.2, 0.25) is 0 Å². The van der Waals surface area contributed by atoms with Gasteiger partial charge in [0.25, 0.3) is 5.91 Å². The maximum absolute atomic E-state index is 12.3. The molecule has 0 heterocycles. The van der Waals surface area contributed by atoms with Gasteiger partial charge in [0.1, 0.15) is 24.0 Å². The molecule has 0 atom stereocenters. The summed E-state index contributed by atoms with van der Waals surface area (Å²) in [5.41, 5.74) is 2.30. The quantitative estimate of drug-likeness (QED) is 0.345. The number of carbonyl (C=O) groups is 1. The number of ether oxygens (including phenoxy) is 1. The van der Waals surface area contributed by atoms with Gasteiger partial charge in [-0.2, -0.15) is 5.26 Å². The standard InChI is InChI=1S/C23H16BrClN2O2/c24-19-8-4-17(5-9-19)15-29-22-10-6-16(7-11-22)12-18(14-26)23(28)27-21-3-1-2-20(25)13-21/h1-13H,15H2,(H,27,28)/b18-12+. The summed E-state index contributed by atoms with van der Waals surface area (Å²) in [7, 11) is 0. The molecule has 1 amide bonds. The van der Waals surface area contributed by atoms with Crippen LogP contribution in [0.25, 0.3) is 6.08 Å². The Morgan fingerprint density at radius 2 is 1.83 bits per heavy atom. The summed E-state index contributed by atoms with van der Waals surface area (Å²) in [6.07, 6.45) is 1.53. The van der Waals surface area contributed by atoms with Crippen LogP contribution in [0, 0.1) is 11.3 Å². The van der Waals surface area contributed by atoms with E-state index in [-0.39, 0.29) is 5.57 Å². The van der Waals surface area contributed by atoms with Gasteiger partial charge < -0.3 is 10.1 Å². The Kier molecular flexibility index (Phi) is 7.07. The molecular formula is C23H16BrClN2O2. The van der Waals surface area contributed by atoms with Crippen molar-refractivity contribution in [2.24, 2.45) is 0 Å². The number of halogens is 2. The molecule has 3 aromatic rings. The molecule has 0 aromatic heterocycles. The molecule has 6 heteroatoms. The van der Waals surface area contributed by atoms with E-state index in [4.69, 9.17) is 16.3 Å². The van der Waals surface area contributed by atoms with Crippen molar-refractivity contribution in [2.75, 3.05) is 5.32 Å². The van der Waals surface area contributed by atoms with Crippen molar-refractivity contribution in [1.82, 2.24) is 0 Å². The first kappa shape index (κ1) is 20.7. The lowest BCUT2D eigenvalue weighted by atomic mass is 10.1. The van der Waals surface area contributed by atoms with Gasteiger partial charge in [0, 0.05) is 15.2 Å². The molecule has 0 saturated heterocycles. The van der Waals surface area contributed by atoms with E-state index >= 15 is 0 Å². The van der Waals surface area contributed by atoms with Gasteiger partial charge >= 0.3 is 0 Å². The van der Waals surface area contributed by atoms with Crippen LogP contribution in [0.2, 0.25) is 5.02 Å². The second kappa shape index (κ2) is 9.92. The van der Waals surface area contributed by atoms with E-state index in [2.05, 4.69) is 21.2 Å². The molecule has 0 saturated carbocycles. The number of hydrogen-bond acceptors (Lipinski definition) is 3. The normalized spacial score (nSPS) is 10.9. The zero-order valence-corrected chi connectivity index (χ0v) is 17.6. The van der Waals surface area contributed by atoms with E-state index < -0.39 is 5.91 Å². The van der Waals surface area contributed by atoms with Gasteiger partial charge in [-0.1, -0.05) is 57.9 Å². The van der Waals surface area contributed by atoms with Crippen molar-refractivity contribution in [2.45, 2.75) is 6.61 Å². The number of nitrogens with zero attached hydrogens (tertiary/aromatic N) is 1. The number of rotatable bonds is 6. The molecule has 0 aliphatic rings. The molecular weight excluding hydrogens is 452 g/mol. The first-order valence-corrected chi connectivity index (χ1v) is 9.86. The summed E-state index contributed by atoms with van der Waals surface area (Å²) in [5.74, 6) is 0.206. The first-order chi connectivity index (χ1) is 14.0. The molecule has 29 heavy (non-hydrogen) atoms. The SMILES string of the molecule is N#C/C(=C\c1ccc(OCc2ccc(Br)cc2)cc1)C(=O)Nc1cccc(Cl)c1. The van der Waals surface area contributed by atoms with Crippen molar-refractivity contribution in [3.8, 4) is 11.8 Å². The maximum atomic E-state index is 12.3. The van der Waals surface area contributed by atoms with Gasteiger partial charge in [-0.05, 0) is 59.7 Å². The third-order valence-electron chi connectivity index (χ3n) is 3.96. The minimum Gasteiger partial charge on any atom is -0.489 e. The van der Waals surface area contributed by atoms with E-state index in [9.17, 15) is 10.1 Å².